The average Bonchev–Trinajstić information content (AvgIpc) is 3.73. The van der Waals surface area contributed by atoms with Gasteiger partial charge in [-0.1, -0.05) is 91.0 Å². The Morgan fingerprint density at radius 1 is 0.447 bits per heavy atom. The summed E-state index contributed by atoms with van der Waals surface area (Å²) >= 11 is 0. The van der Waals surface area contributed by atoms with Crippen LogP contribution in [0, 0.1) is 0 Å². The molecule has 0 aliphatic rings. The summed E-state index contributed by atoms with van der Waals surface area (Å²) in [5.41, 5.74) is 12.2. The van der Waals surface area contributed by atoms with Crippen LogP contribution >= 0.6 is 0 Å². The Kier molecular flexibility index (Phi) is 6.43. The van der Waals surface area contributed by atoms with E-state index in [9.17, 15) is 0 Å². The Balaban J connectivity index is 1.11. The Morgan fingerprint density at radius 3 is 1.83 bits per heavy atom. The summed E-state index contributed by atoms with van der Waals surface area (Å²) in [5, 5.41) is 2.50. The molecule has 6 aromatic carbocycles. The molecule has 0 radical (unpaired) electrons. The van der Waals surface area contributed by atoms with Crippen molar-refractivity contribution in [3.8, 4) is 28.1 Å². The van der Waals surface area contributed by atoms with E-state index < -0.39 is 0 Å². The zero-order valence-electron chi connectivity index (χ0n) is 25.6. The van der Waals surface area contributed by atoms with Crippen molar-refractivity contribution in [2.45, 2.75) is 0 Å². The maximum atomic E-state index is 4.82. The van der Waals surface area contributed by atoms with Gasteiger partial charge in [0.25, 0.3) is 0 Å². The second-order valence-corrected chi connectivity index (χ2v) is 11.8. The third-order valence-corrected chi connectivity index (χ3v) is 8.95. The quantitative estimate of drug-likeness (QED) is 0.189. The summed E-state index contributed by atoms with van der Waals surface area (Å²) in [6.07, 6.45) is 4.11. The van der Waals surface area contributed by atoms with E-state index in [-0.39, 0.29) is 0 Å². The summed E-state index contributed by atoms with van der Waals surface area (Å²) in [4.78, 5) is 7.12. The van der Waals surface area contributed by atoms with E-state index in [1.165, 1.54) is 32.9 Å². The number of hydrogen-bond donors (Lipinski definition) is 0. The summed E-state index contributed by atoms with van der Waals surface area (Å²) in [7, 11) is 0. The number of para-hydroxylation sites is 2. The van der Waals surface area contributed by atoms with E-state index in [4.69, 9.17) is 4.98 Å². The molecule has 0 saturated carbocycles. The number of pyridine rings is 1. The molecule has 3 heterocycles. The highest BCUT2D eigenvalue weighted by Gasteiger charge is 2.16. The van der Waals surface area contributed by atoms with Crippen LogP contribution in [0.3, 0.4) is 0 Å². The molecular weight excluding hydrogens is 573 g/mol. The number of hydrogen-bond acceptors (Lipinski definition) is 2. The molecule has 0 fully saturated rings. The predicted molar refractivity (Wildman–Crippen MR) is 195 cm³/mol. The molecule has 3 aromatic heterocycles. The second kappa shape index (κ2) is 11.2. The number of imidazole rings is 1. The van der Waals surface area contributed by atoms with Crippen LogP contribution in [0.4, 0.5) is 17.1 Å². The van der Waals surface area contributed by atoms with Gasteiger partial charge in [0, 0.05) is 51.5 Å². The Bertz CT molecular complexity index is 2460. The maximum Gasteiger partial charge on any atom is 0.137 e. The number of rotatable bonds is 6. The Hall–Kier alpha value is -6.39. The molecule has 0 bridgehead atoms. The first kappa shape index (κ1) is 27.0. The lowest BCUT2D eigenvalue weighted by atomic mass is 10.0. The standard InChI is InChI=1S/C43H30N4/c1-3-11-31(12-4-1)33-20-27-42-39(29-33)38-15-7-8-16-41(38)47(42)37-25-23-36(24-26-37)46(34-13-5-2-6-14-34)35-21-18-32(19-22-35)40-30-45-28-10-9-17-43(45)44-40/h1-30H. The van der Waals surface area contributed by atoms with Crippen molar-refractivity contribution in [2.75, 3.05) is 4.90 Å². The number of aromatic nitrogens is 3. The highest BCUT2D eigenvalue weighted by Crippen LogP contribution is 2.38. The van der Waals surface area contributed by atoms with Gasteiger partial charge in [0.2, 0.25) is 0 Å². The lowest BCUT2D eigenvalue weighted by molar-refractivity contribution is 1.17. The van der Waals surface area contributed by atoms with Gasteiger partial charge < -0.3 is 13.9 Å². The minimum absolute atomic E-state index is 0.942. The van der Waals surface area contributed by atoms with Crippen LogP contribution in [-0.2, 0) is 0 Å². The predicted octanol–water partition coefficient (Wildman–Crippen LogP) is 11.2. The van der Waals surface area contributed by atoms with Crippen LogP contribution in [0.5, 0.6) is 0 Å². The Labute approximate surface area is 273 Å². The summed E-state index contributed by atoms with van der Waals surface area (Å²) in [6.45, 7) is 0. The van der Waals surface area contributed by atoms with E-state index in [1.54, 1.807) is 0 Å². The number of fused-ring (bicyclic) bond motifs is 4. The normalized spacial score (nSPS) is 11.4. The van der Waals surface area contributed by atoms with Crippen molar-refractivity contribution in [1.29, 1.82) is 0 Å². The topological polar surface area (TPSA) is 25.5 Å². The van der Waals surface area contributed by atoms with Gasteiger partial charge in [-0.3, -0.25) is 0 Å². The molecule has 0 amide bonds. The molecule has 0 aliphatic heterocycles. The molecule has 0 atom stereocenters. The van der Waals surface area contributed by atoms with Gasteiger partial charge in [0.05, 0.1) is 16.7 Å². The highest BCUT2D eigenvalue weighted by molar-refractivity contribution is 6.10. The largest absolute Gasteiger partial charge is 0.311 e. The van der Waals surface area contributed by atoms with E-state index in [0.29, 0.717) is 0 Å². The van der Waals surface area contributed by atoms with Crippen LogP contribution in [0.2, 0.25) is 0 Å². The fourth-order valence-electron chi connectivity index (χ4n) is 6.69. The molecule has 4 heteroatoms. The average molecular weight is 603 g/mol. The van der Waals surface area contributed by atoms with Crippen molar-refractivity contribution in [2.24, 2.45) is 0 Å². The van der Waals surface area contributed by atoms with Gasteiger partial charge >= 0.3 is 0 Å². The van der Waals surface area contributed by atoms with E-state index >= 15 is 0 Å². The van der Waals surface area contributed by atoms with Crippen molar-refractivity contribution < 1.29 is 0 Å². The van der Waals surface area contributed by atoms with Gasteiger partial charge in [-0.15, -0.1) is 0 Å². The first-order chi connectivity index (χ1) is 23.3. The smallest absolute Gasteiger partial charge is 0.137 e. The lowest BCUT2D eigenvalue weighted by Crippen LogP contribution is -2.10. The van der Waals surface area contributed by atoms with Crippen molar-refractivity contribution in [3.63, 3.8) is 0 Å². The third-order valence-electron chi connectivity index (χ3n) is 8.95. The molecule has 4 nitrogen and oxygen atoms in total. The van der Waals surface area contributed by atoms with Gasteiger partial charge in [-0.05, 0) is 90.0 Å². The SMILES string of the molecule is c1ccc(-c2ccc3c(c2)c2ccccc2n3-c2ccc(N(c3ccccc3)c3ccc(-c4cn5ccccc5n4)cc3)cc2)cc1. The summed E-state index contributed by atoms with van der Waals surface area (Å²) in [5.74, 6) is 0. The number of anilines is 3. The lowest BCUT2D eigenvalue weighted by Gasteiger charge is -2.26. The summed E-state index contributed by atoms with van der Waals surface area (Å²) in [6, 6.07) is 60.3. The first-order valence-corrected chi connectivity index (χ1v) is 15.9. The molecule has 222 valence electrons. The van der Waals surface area contributed by atoms with Gasteiger partial charge in [0.15, 0.2) is 0 Å². The molecular formula is C43H30N4. The second-order valence-electron chi connectivity index (χ2n) is 11.8. The fraction of sp³-hybridized carbons (Fsp3) is 0. The fourth-order valence-corrected chi connectivity index (χ4v) is 6.69. The minimum atomic E-state index is 0.942. The van der Waals surface area contributed by atoms with Gasteiger partial charge in [-0.25, -0.2) is 4.98 Å². The molecule has 9 rings (SSSR count). The van der Waals surface area contributed by atoms with Crippen LogP contribution in [0.15, 0.2) is 182 Å². The van der Waals surface area contributed by atoms with Gasteiger partial charge in [0.1, 0.15) is 5.65 Å². The van der Waals surface area contributed by atoms with Crippen LogP contribution in [-0.4, -0.2) is 14.0 Å². The first-order valence-electron chi connectivity index (χ1n) is 15.9. The monoisotopic (exact) mass is 602 g/mol. The zero-order chi connectivity index (χ0) is 31.2. The molecule has 9 aromatic rings. The minimum Gasteiger partial charge on any atom is -0.311 e. The van der Waals surface area contributed by atoms with Gasteiger partial charge in [-0.2, -0.15) is 0 Å². The molecule has 47 heavy (non-hydrogen) atoms. The maximum absolute atomic E-state index is 4.82. The van der Waals surface area contributed by atoms with Crippen molar-refractivity contribution in [1.82, 2.24) is 14.0 Å². The third kappa shape index (κ3) is 4.75. The van der Waals surface area contributed by atoms with E-state index in [0.717, 1.165) is 39.7 Å². The Morgan fingerprint density at radius 2 is 1.06 bits per heavy atom. The summed E-state index contributed by atoms with van der Waals surface area (Å²) < 4.78 is 4.43. The zero-order valence-corrected chi connectivity index (χ0v) is 25.6. The van der Waals surface area contributed by atoms with E-state index in [1.807, 2.05) is 24.4 Å². The molecule has 0 aliphatic carbocycles. The number of benzene rings is 6. The van der Waals surface area contributed by atoms with Crippen LogP contribution in [0.1, 0.15) is 0 Å². The highest BCUT2D eigenvalue weighted by atomic mass is 15.1. The molecule has 0 spiro atoms. The van der Waals surface area contributed by atoms with Crippen molar-refractivity contribution >= 4 is 44.5 Å². The molecule has 0 N–H and O–H groups in total. The van der Waals surface area contributed by atoms with Crippen LogP contribution < -0.4 is 4.90 Å². The van der Waals surface area contributed by atoms with Crippen LogP contribution in [0.25, 0.3) is 55.5 Å². The van der Waals surface area contributed by atoms with Crippen molar-refractivity contribution in [3.05, 3.63) is 182 Å². The molecule has 0 unspecified atom stereocenters. The number of nitrogens with zero attached hydrogens (tertiary/aromatic N) is 4. The molecule has 0 saturated heterocycles. The van der Waals surface area contributed by atoms with E-state index in [2.05, 4.69) is 172 Å².